The van der Waals surface area contributed by atoms with Crippen molar-refractivity contribution < 1.29 is 0 Å². The number of nitrogens with zero attached hydrogens (tertiary/aromatic N) is 1. The Morgan fingerprint density at radius 1 is 1.16 bits per heavy atom. The standard InChI is InChI=1S/C17H26ClN/c1-13(2)12-17(8-4-5-9-17)16(18)14(3)15-6-10-19-11-7-15/h6-7,10-11,13-14,16H,4-5,8-9,12H2,1-3H3. The molecule has 0 radical (unpaired) electrons. The first-order valence-corrected chi connectivity index (χ1v) is 8.03. The highest BCUT2D eigenvalue weighted by atomic mass is 35.5. The van der Waals surface area contributed by atoms with Gasteiger partial charge in [0.1, 0.15) is 0 Å². The highest BCUT2D eigenvalue weighted by Gasteiger charge is 2.43. The summed E-state index contributed by atoms with van der Waals surface area (Å²) in [5, 5.41) is 0.236. The molecule has 0 spiro atoms. The number of hydrogen-bond acceptors (Lipinski definition) is 1. The van der Waals surface area contributed by atoms with E-state index in [9.17, 15) is 0 Å². The molecule has 1 aromatic heterocycles. The summed E-state index contributed by atoms with van der Waals surface area (Å²) in [6, 6.07) is 4.22. The molecule has 1 heterocycles. The van der Waals surface area contributed by atoms with Crippen LogP contribution in [0.4, 0.5) is 0 Å². The second-order valence-corrected chi connectivity index (χ2v) is 7.11. The predicted octanol–water partition coefficient (Wildman–Crippen LogP) is 5.40. The maximum atomic E-state index is 6.95. The number of pyridine rings is 1. The smallest absolute Gasteiger partial charge is 0.0458 e. The molecule has 0 aromatic carbocycles. The Kier molecular flexibility index (Phi) is 4.89. The third-order valence-corrected chi connectivity index (χ3v) is 5.51. The van der Waals surface area contributed by atoms with E-state index in [2.05, 4.69) is 37.9 Å². The minimum Gasteiger partial charge on any atom is -0.265 e. The predicted molar refractivity (Wildman–Crippen MR) is 82.6 cm³/mol. The van der Waals surface area contributed by atoms with Crippen LogP contribution in [0.1, 0.15) is 64.4 Å². The maximum Gasteiger partial charge on any atom is 0.0458 e. The van der Waals surface area contributed by atoms with Crippen LogP contribution in [-0.2, 0) is 0 Å². The van der Waals surface area contributed by atoms with Gasteiger partial charge in [0.15, 0.2) is 0 Å². The molecule has 106 valence electrons. The van der Waals surface area contributed by atoms with Crippen molar-refractivity contribution in [3.63, 3.8) is 0 Å². The Labute approximate surface area is 122 Å². The summed E-state index contributed by atoms with van der Waals surface area (Å²) in [5.41, 5.74) is 1.67. The Morgan fingerprint density at radius 2 is 1.74 bits per heavy atom. The van der Waals surface area contributed by atoms with E-state index in [-0.39, 0.29) is 5.38 Å². The average Bonchev–Trinajstić information content (AvgIpc) is 2.87. The lowest BCUT2D eigenvalue weighted by molar-refractivity contribution is 0.208. The van der Waals surface area contributed by atoms with Crippen LogP contribution in [0.5, 0.6) is 0 Å². The van der Waals surface area contributed by atoms with Crippen LogP contribution in [0, 0.1) is 11.3 Å². The Bertz CT molecular complexity index is 382. The van der Waals surface area contributed by atoms with Gasteiger partial charge in [-0.1, -0.05) is 33.6 Å². The Balaban J connectivity index is 2.17. The van der Waals surface area contributed by atoms with E-state index < -0.39 is 0 Å². The summed E-state index contributed by atoms with van der Waals surface area (Å²) < 4.78 is 0. The Hall–Kier alpha value is -0.560. The topological polar surface area (TPSA) is 12.9 Å². The third-order valence-electron chi connectivity index (χ3n) is 4.67. The van der Waals surface area contributed by atoms with Crippen LogP contribution < -0.4 is 0 Å². The fourth-order valence-corrected chi connectivity index (χ4v) is 4.30. The molecule has 1 aromatic rings. The van der Waals surface area contributed by atoms with Crippen molar-refractivity contribution in [2.24, 2.45) is 11.3 Å². The highest BCUT2D eigenvalue weighted by molar-refractivity contribution is 6.21. The fourth-order valence-electron chi connectivity index (χ4n) is 3.85. The monoisotopic (exact) mass is 279 g/mol. The van der Waals surface area contributed by atoms with Crippen LogP contribution in [0.3, 0.4) is 0 Å². The van der Waals surface area contributed by atoms with Crippen molar-refractivity contribution in [1.82, 2.24) is 4.98 Å². The van der Waals surface area contributed by atoms with Crippen molar-refractivity contribution in [3.8, 4) is 0 Å². The zero-order chi connectivity index (χ0) is 13.9. The van der Waals surface area contributed by atoms with Gasteiger partial charge in [0.05, 0.1) is 0 Å². The van der Waals surface area contributed by atoms with E-state index in [4.69, 9.17) is 11.6 Å². The molecule has 0 saturated heterocycles. The molecule has 0 aliphatic heterocycles. The van der Waals surface area contributed by atoms with Crippen molar-refractivity contribution in [2.45, 2.75) is 64.2 Å². The van der Waals surface area contributed by atoms with Crippen LogP contribution in [0.15, 0.2) is 24.5 Å². The van der Waals surface area contributed by atoms with Gasteiger partial charge >= 0.3 is 0 Å². The molecule has 1 saturated carbocycles. The molecule has 2 heteroatoms. The molecular weight excluding hydrogens is 254 g/mol. The first-order valence-electron chi connectivity index (χ1n) is 7.59. The first-order chi connectivity index (χ1) is 9.05. The number of halogens is 1. The van der Waals surface area contributed by atoms with E-state index >= 15 is 0 Å². The number of alkyl halides is 1. The van der Waals surface area contributed by atoms with Crippen LogP contribution >= 0.6 is 11.6 Å². The van der Waals surface area contributed by atoms with Crippen LogP contribution in [-0.4, -0.2) is 10.4 Å². The quantitative estimate of drug-likeness (QED) is 0.658. The van der Waals surface area contributed by atoms with Gasteiger partial charge < -0.3 is 0 Å². The zero-order valence-electron chi connectivity index (χ0n) is 12.4. The van der Waals surface area contributed by atoms with E-state index in [1.54, 1.807) is 0 Å². The molecule has 19 heavy (non-hydrogen) atoms. The van der Waals surface area contributed by atoms with E-state index in [1.807, 2.05) is 12.4 Å². The van der Waals surface area contributed by atoms with Gasteiger partial charge in [-0.3, -0.25) is 4.98 Å². The third kappa shape index (κ3) is 3.31. The van der Waals surface area contributed by atoms with Crippen molar-refractivity contribution in [3.05, 3.63) is 30.1 Å². The summed E-state index contributed by atoms with van der Waals surface area (Å²) in [6.07, 6.45) is 10.3. The molecule has 0 amide bonds. The molecule has 2 atom stereocenters. The summed E-state index contributed by atoms with van der Waals surface area (Å²) in [6.45, 7) is 6.91. The lowest BCUT2D eigenvalue weighted by Gasteiger charge is -2.39. The fraction of sp³-hybridized carbons (Fsp3) is 0.706. The van der Waals surface area contributed by atoms with Gasteiger partial charge in [-0.15, -0.1) is 11.6 Å². The normalized spacial score (nSPS) is 21.5. The van der Waals surface area contributed by atoms with Crippen LogP contribution in [0.25, 0.3) is 0 Å². The summed E-state index contributed by atoms with van der Waals surface area (Å²) in [4.78, 5) is 4.11. The van der Waals surface area contributed by atoms with Crippen molar-refractivity contribution >= 4 is 11.6 Å². The second kappa shape index (κ2) is 6.26. The molecule has 2 rings (SSSR count). The second-order valence-electron chi connectivity index (χ2n) is 6.64. The van der Waals surface area contributed by atoms with Gasteiger partial charge in [-0.05, 0) is 54.2 Å². The molecule has 1 fully saturated rings. The molecule has 2 unspecified atom stereocenters. The van der Waals surface area contributed by atoms with Crippen molar-refractivity contribution in [1.29, 1.82) is 0 Å². The average molecular weight is 280 g/mol. The van der Waals surface area contributed by atoms with Crippen LogP contribution in [0.2, 0.25) is 0 Å². The first kappa shape index (κ1) is 14.8. The lowest BCUT2D eigenvalue weighted by Crippen LogP contribution is -2.34. The van der Waals surface area contributed by atoms with E-state index in [0.29, 0.717) is 11.3 Å². The summed E-state index contributed by atoms with van der Waals surface area (Å²) in [7, 11) is 0. The molecule has 1 aliphatic carbocycles. The minimum absolute atomic E-state index is 0.236. The maximum absolute atomic E-state index is 6.95. The molecule has 1 nitrogen and oxygen atoms in total. The largest absolute Gasteiger partial charge is 0.265 e. The van der Waals surface area contributed by atoms with Gasteiger partial charge in [-0.2, -0.15) is 0 Å². The van der Waals surface area contributed by atoms with E-state index in [0.717, 1.165) is 5.92 Å². The minimum atomic E-state index is 0.236. The van der Waals surface area contributed by atoms with Gasteiger partial charge in [-0.25, -0.2) is 0 Å². The summed E-state index contributed by atoms with van der Waals surface area (Å²) >= 11 is 6.95. The number of rotatable bonds is 5. The Morgan fingerprint density at radius 3 is 2.26 bits per heavy atom. The SMILES string of the molecule is CC(C)CC1(C(Cl)C(C)c2ccncc2)CCCC1. The van der Waals surface area contributed by atoms with Gasteiger partial charge in [0.25, 0.3) is 0 Å². The molecule has 0 N–H and O–H groups in total. The number of aromatic nitrogens is 1. The van der Waals surface area contributed by atoms with E-state index in [1.165, 1.54) is 37.7 Å². The molecule has 0 bridgehead atoms. The molecular formula is C17H26ClN. The molecule has 1 aliphatic rings. The van der Waals surface area contributed by atoms with Gasteiger partial charge in [0, 0.05) is 17.8 Å². The number of hydrogen-bond donors (Lipinski definition) is 0. The van der Waals surface area contributed by atoms with Gasteiger partial charge in [0.2, 0.25) is 0 Å². The zero-order valence-corrected chi connectivity index (χ0v) is 13.2. The lowest BCUT2D eigenvalue weighted by atomic mass is 9.71. The van der Waals surface area contributed by atoms with Crippen molar-refractivity contribution in [2.75, 3.05) is 0 Å². The highest BCUT2D eigenvalue weighted by Crippen LogP contribution is 2.51. The summed E-state index contributed by atoms with van der Waals surface area (Å²) in [5.74, 6) is 1.13.